The zero-order valence-electron chi connectivity index (χ0n) is 13.1. The van der Waals surface area contributed by atoms with Crippen molar-refractivity contribution in [2.75, 3.05) is 13.1 Å². The van der Waals surface area contributed by atoms with Crippen LogP contribution in [0.15, 0.2) is 48.5 Å². The highest BCUT2D eigenvalue weighted by Crippen LogP contribution is 2.23. The Hall–Kier alpha value is -2.37. The maximum atomic E-state index is 13.4. The average molecular weight is 381 g/mol. The molecule has 2 N–H and O–H groups in total. The largest absolute Gasteiger partial charge is 0.351 e. The Labute approximate surface area is 154 Å². The molecule has 0 saturated heterocycles. The molecule has 0 aliphatic carbocycles. The van der Waals surface area contributed by atoms with Crippen LogP contribution in [0.5, 0.6) is 0 Å². The lowest BCUT2D eigenvalue weighted by Gasteiger charge is -2.06. The molecule has 2 aromatic carbocycles. The van der Waals surface area contributed by atoms with Gasteiger partial charge in [-0.05, 0) is 35.9 Å². The van der Waals surface area contributed by atoms with Crippen LogP contribution in [-0.2, 0) is 4.79 Å². The molecule has 0 aliphatic heterocycles. The molecule has 0 aliphatic rings. The van der Waals surface area contributed by atoms with Crippen LogP contribution in [0.25, 0.3) is 6.08 Å². The number of rotatable bonds is 6. The number of benzene rings is 2. The Morgan fingerprint density at radius 3 is 2.44 bits per heavy atom. The van der Waals surface area contributed by atoms with Gasteiger partial charge in [0.2, 0.25) is 5.91 Å². The molecule has 7 heteroatoms. The molecule has 0 heterocycles. The number of amides is 2. The van der Waals surface area contributed by atoms with E-state index in [1.54, 1.807) is 30.3 Å². The van der Waals surface area contributed by atoms with Crippen LogP contribution in [0.2, 0.25) is 10.0 Å². The van der Waals surface area contributed by atoms with E-state index in [0.29, 0.717) is 10.0 Å². The first-order chi connectivity index (χ1) is 12.0. The summed E-state index contributed by atoms with van der Waals surface area (Å²) < 4.78 is 13.4. The molecule has 0 aromatic heterocycles. The van der Waals surface area contributed by atoms with Crippen LogP contribution in [-0.4, -0.2) is 24.9 Å². The fourth-order valence-corrected chi connectivity index (χ4v) is 2.26. The summed E-state index contributed by atoms with van der Waals surface area (Å²) >= 11 is 11.7. The molecule has 0 fully saturated rings. The lowest BCUT2D eigenvalue weighted by Crippen LogP contribution is -2.34. The summed E-state index contributed by atoms with van der Waals surface area (Å²) in [5.74, 6) is -1.45. The summed E-state index contributed by atoms with van der Waals surface area (Å²) in [6.45, 7) is 0.393. The Kier molecular flexibility index (Phi) is 6.98. The third kappa shape index (κ3) is 5.89. The minimum Gasteiger partial charge on any atom is -0.351 e. The van der Waals surface area contributed by atoms with Crippen LogP contribution in [0, 0.1) is 5.82 Å². The predicted octanol–water partition coefficient (Wildman–Crippen LogP) is 3.69. The first kappa shape index (κ1) is 19.0. The first-order valence-electron chi connectivity index (χ1n) is 7.41. The molecule has 0 atom stereocenters. The van der Waals surface area contributed by atoms with Crippen LogP contribution in [0.4, 0.5) is 4.39 Å². The Balaban J connectivity index is 1.75. The van der Waals surface area contributed by atoms with Gasteiger partial charge < -0.3 is 10.6 Å². The summed E-state index contributed by atoms with van der Waals surface area (Å²) in [6, 6.07) is 10.7. The monoisotopic (exact) mass is 380 g/mol. The molecule has 2 rings (SSSR count). The molecule has 0 unspecified atom stereocenters. The Morgan fingerprint density at radius 2 is 1.72 bits per heavy atom. The van der Waals surface area contributed by atoms with Gasteiger partial charge in [0.15, 0.2) is 0 Å². The van der Waals surface area contributed by atoms with Crippen molar-refractivity contribution in [1.82, 2.24) is 10.6 Å². The Morgan fingerprint density at radius 1 is 1.00 bits per heavy atom. The van der Waals surface area contributed by atoms with Crippen molar-refractivity contribution >= 4 is 41.1 Å². The van der Waals surface area contributed by atoms with Gasteiger partial charge in [0.1, 0.15) is 5.82 Å². The minimum absolute atomic E-state index is 0.0339. The summed E-state index contributed by atoms with van der Waals surface area (Å²) in [7, 11) is 0. The summed E-state index contributed by atoms with van der Waals surface area (Å²) in [5, 5.41) is 5.98. The van der Waals surface area contributed by atoms with E-state index in [4.69, 9.17) is 23.2 Å². The van der Waals surface area contributed by atoms with Crippen molar-refractivity contribution in [2.45, 2.75) is 0 Å². The lowest BCUT2D eigenvalue weighted by molar-refractivity contribution is -0.116. The maximum Gasteiger partial charge on any atom is 0.254 e. The average Bonchev–Trinajstić information content (AvgIpc) is 2.60. The van der Waals surface area contributed by atoms with E-state index in [2.05, 4.69) is 10.6 Å². The van der Waals surface area contributed by atoms with Gasteiger partial charge in [-0.15, -0.1) is 0 Å². The van der Waals surface area contributed by atoms with Gasteiger partial charge >= 0.3 is 0 Å². The molecule has 0 saturated carbocycles. The number of carbonyl (C=O) groups is 2. The fourth-order valence-electron chi connectivity index (χ4n) is 1.95. The van der Waals surface area contributed by atoms with Gasteiger partial charge in [0, 0.05) is 19.2 Å². The van der Waals surface area contributed by atoms with Gasteiger partial charge in [-0.2, -0.15) is 0 Å². The second-order valence-electron chi connectivity index (χ2n) is 5.03. The SMILES string of the molecule is O=C(C=Cc1ccc(Cl)c(Cl)c1)NCCNC(=O)c1ccccc1F. The highest BCUT2D eigenvalue weighted by Gasteiger charge is 2.09. The predicted molar refractivity (Wildman–Crippen MR) is 97.2 cm³/mol. The van der Waals surface area contributed by atoms with Gasteiger partial charge in [-0.25, -0.2) is 4.39 Å². The highest BCUT2D eigenvalue weighted by atomic mass is 35.5. The third-order valence-electron chi connectivity index (χ3n) is 3.20. The van der Waals surface area contributed by atoms with E-state index < -0.39 is 11.7 Å². The van der Waals surface area contributed by atoms with Gasteiger partial charge in [-0.1, -0.05) is 41.4 Å². The van der Waals surface area contributed by atoms with Crippen molar-refractivity contribution in [3.8, 4) is 0 Å². The van der Waals surface area contributed by atoms with Gasteiger partial charge in [-0.3, -0.25) is 9.59 Å². The standard InChI is InChI=1S/C18H15Cl2FN2O2/c19-14-7-5-12(11-15(14)20)6-8-17(24)22-9-10-23-18(25)13-3-1-2-4-16(13)21/h1-8,11H,9-10H2,(H,22,24)(H,23,25). The molecule has 130 valence electrons. The van der Waals surface area contributed by atoms with Crippen molar-refractivity contribution in [3.05, 3.63) is 75.5 Å². The van der Waals surface area contributed by atoms with Crippen LogP contribution < -0.4 is 10.6 Å². The van der Waals surface area contributed by atoms with E-state index in [-0.39, 0.29) is 24.6 Å². The normalized spacial score (nSPS) is 10.7. The molecule has 25 heavy (non-hydrogen) atoms. The van der Waals surface area contributed by atoms with Gasteiger partial charge in [0.05, 0.1) is 15.6 Å². The molecular weight excluding hydrogens is 366 g/mol. The zero-order valence-corrected chi connectivity index (χ0v) is 14.6. The van der Waals surface area contributed by atoms with E-state index in [0.717, 1.165) is 5.56 Å². The molecule has 2 aromatic rings. The van der Waals surface area contributed by atoms with E-state index in [1.165, 1.54) is 24.3 Å². The van der Waals surface area contributed by atoms with E-state index in [1.807, 2.05) is 0 Å². The second kappa shape index (κ2) is 9.20. The van der Waals surface area contributed by atoms with E-state index >= 15 is 0 Å². The molecule has 2 amide bonds. The zero-order chi connectivity index (χ0) is 18.2. The second-order valence-corrected chi connectivity index (χ2v) is 5.85. The number of hydrogen-bond donors (Lipinski definition) is 2. The van der Waals surface area contributed by atoms with Crippen LogP contribution in [0.1, 0.15) is 15.9 Å². The van der Waals surface area contributed by atoms with Crippen LogP contribution in [0.3, 0.4) is 0 Å². The van der Waals surface area contributed by atoms with Crippen molar-refractivity contribution in [1.29, 1.82) is 0 Å². The van der Waals surface area contributed by atoms with Crippen molar-refractivity contribution < 1.29 is 14.0 Å². The van der Waals surface area contributed by atoms with E-state index in [9.17, 15) is 14.0 Å². The quantitative estimate of drug-likeness (QED) is 0.592. The smallest absolute Gasteiger partial charge is 0.254 e. The first-order valence-corrected chi connectivity index (χ1v) is 8.16. The topological polar surface area (TPSA) is 58.2 Å². The molecule has 4 nitrogen and oxygen atoms in total. The third-order valence-corrected chi connectivity index (χ3v) is 3.94. The Bertz CT molecular complexity index is 809. The molecular formula is C18H15Cl2FN2O2. The summed E-state index contributed by atoms with van der Waals surface area (Å²) in [5.41, 5.74) is 0.700. The number of halogens is 3. The summed E-state index contributed by atoms with van der Waals surface area (Å²) in [6.07, 6.45) is 2.94. The molecule has 0 radical (unpaired) electrons. The van der Waals surface area contributed by atoms with Crippen molar-refractivity contribution in [3.63, 3.8) is 0 Å². The molecule has 0 bridgehead atoms. The number of carbonyl (C=O) groups excluding carboxylic acids is 2. The number of nitrogens with one attached hydrogen (secondary N) is 2. The minimum atomic E-state index is -0.589. The van der Waals surface area contributed by atoms with Gasteiger partial charge in [0.25, 0.3) is 5.91 Å². The molecule has 0 spiro atoms. The van der Waals surface area contributed by atoms with Crippen LogP contribution >= 0.6 is 23.2 Å². The highest BCUT2D eigenvalue weighted by molar-refractivity contribution is 6.42. The fraction of sp³-hybridized carbons (Fsp3) is 0.111. The lowest BCUT2D eigenvalue weighted by atomic mass is 10.2. The summed E-state index contributed by atoms with van der Waals surface area (Å²) in [4.78, 5) is 23.5. The maximum absolute atomic E-state index is 13.4. The number of hydrogen-bond acceptors (Lipinski definition) is 2. The van der Waals surface area contributed by atoms with Crippen molar-refractivity contribution in [2.24, 2.45) is 0 Å².